The Kier molecular flexibility index (Phi) is 4.92. The van der Waals surface area contributed by atoms with Crippen LogP contribution in [0.4, 0.5) is 4.39 Å². The van der Waals surface area contributed by atoms with E-state index in [-0.39, 0.29) is 11.4 Å². The number of ether oxygens (including phenoxy) is 1. The number of benzene rings is 1. The molecule has 2 saturated heterocycles. The number of rotatable bonds is 5. The minimum atomic E-state index is -0.167. The molecule has 0 N–H and O–H groups in total. The second-order valence-corrected chi connectivity index (χ2v) is 9.31. The van der Waals surface area contributed by atoms with E-state index in [0.29, 0.717) is 23.9 Å². The van der Waals surface area contributed by atoms with Crippen LogP contribution < -0.4 is 0 Å². The molecule has 1 unspecified atom stereocenters. The van der Waals surface area contributed by atoms with E-state index in [1.165, 1.54) is 18.4 Å². The molecule has 4 nitrogen and oxygen atoms in total. The van der Waals surface area contributed by atoms with Gasteiger partial charge in [-0.05, 0) is 69.1 Å². The lowest BCUT2D eigenvalue weighted by atomic mass is 9.81. The van der Waals surface area contributed by atoms with Gasteiger partial charge in [-0.15, -0.1) is 0 Å². The molecule has 1 aromatic carbocycles. The second-order valence-electron chi connectivity index (χ2n) is 9.31. The molecular formula is C23H31FN2O2. The van der Waals surface area contributed by atoms with Crippen molar-refractivity contribution < 1.29 is 13.9 Å². The predicted octanol–water partition coefficient (Wildman–Crippen LogP) is 3.74. The molecule has 4 aliphatic rings. The average molecular weight is 387 g/mol. The van der Waals surface area contributed by atoms with E-state index < -0.39 is 0 Å². The summed E-state index contributed by atoms with van der Waals surface area (Å²) < 4.78 is 19.6. The number of nitrogens with zero attached hydrogens (tertiary/aromatic N) is 2. The largest absolute Gasteiger partial charge is 0.375 e. The molecule has 1 atom stereocenters. The second kappa shape index (κ2) is 7.42. The van der Waals surface area contributed by atoms with Crippen LogP contribution in [0.5, 0.6) is 0 Å². The molecule has 4 fully saturated rings. The molecule has 1 amide bonds. The molecule has 5 heteroatoms. The zero-order chi connectivity index (χ0) is 19.1. The van der Waals surface area contributed by atoms with Gasteiger partial charge in [0.1, 0.15) is 5.82 Å². The lowest BCUT2D eigenvalue weighted by molar-refractivity contribution is -0.150. The van der Waals surface area contributed by atoms with Gasteiger partial charge in [0.25, 0.3) is 0 Å². The topological polar surface area (TPSA) is 32.8 Å². The average Bonchev–Trinajstić information content (AvgIpc) is 3.61. The number of piperidine rings is 1. The van der Waals surface area contributed by atoms with E-state index in [4.69, 9.17) is 4.74 Å². The van der Waals surface area contributed by atoms with Crippen molar-refractivity contribution in [1.29, 1.82) is 0 Å². The summed E-state index contributed by atoms with van der Waals surface area (Å²) in [5.41, 5.74) is 1.14. The van der Waals surface area contributed by atoms with Gasteiger partial charge in [0.15, 0.2) is 0 Å². The van der Waals surface area contributed by atoms with Crippen LogP contribution in [-0.4, -0.2) is 53.1 Å². The number of halogens is 1. The Labute approximate surface area is 167 Å². The van der Waals surface area contributed by atoms with E-state index in [1.54, 1.807) is 12.1 Å². The first-order chi connectivity index (χ1) is 13.6. The van der Waals surface area contributed by atoms with Crippen LogP contribution in [0.3, 0.4) is 0 Å². The number of amides is 1. The summed E-state index contributed by atoms with van der Waals surface area (Å²) in [7, 11) is 0. The van der Waals surface area contributed by atoms with Crippen molar-refractivity contribution in [2.24, 2.45) is 5.92 Å². The number of hydrogen-bond acceptors (Lipinski definition) is 3. The van der Waals surface area contributed by atoms with Gasteiger partial charge in [0.2, 0.25) is 5.91 Å². The Balaban J connectivity index is 1.24. The molecule has 5 rings (SSSR count). The Morgan fingerprint density at radius 2 is 1.79 bits per heavy atom. The van der Waals surface area contributed by atoms with Gasteiger partial charge in [-0.25, -0.2) is 4.39 Å². The van der Waals surface area contributed by atoms with Crippen LogP contribution in [0.25, 0.3) is 0 Å². The molecule has 0 radical (unpaired) electrons. The highest BCUT2D eigenvalue weighted by atomic mass is 19.1. The van der Waals surface area contributed by atoms with Crippen molar-refractivity contribution >= 4 is 5.91 Å². The van der Waals surface area contributed by atoms with Crippen molar-refractivity contribution in [2.75, 3.05) is 19.7 Å². The van der Waals surface area contributed by atoms with Crippen LogP contribution in [0.15, 0.2) is 24.3 Å². The molecule has 0 aromatic heterocycles. The van der Waals surface area contributed by atoms with Gasteiger partial charge in [0, 0.05) is 44.2 Å². The summed E-state index contributed by atoms with van der Waals surface area (Å²) in [5, 5.41) is 0. The predicted molar refractivity (Wildman–Crippen MR) is 105 cm³/mol. The zero-order valence-corrected chi connectivity index (χ0v) is 16.6. The molecule has 1 aromatic rings. The fourth-order valence-corrected chi connectivity index (χ4v) is 5.12. The van der Waals surface area contributed by atoms with E-state index >= 15 is 0 Å². The minimum absolute atomic E-state index is 0.0564. The smallest absolute Gasteiger partial charge is 0.225 e. The quantitative estimate of drug-likeness (QED) is 0.773. The molecular weight excluding hydrogens is 355 g/mol. The summed E-state index contributed by atoms with van der Waals surface area (Å²) in [6.45, 7) is 3.42. The first-order valence-corrected chi connectivity index (χ1v) is 11.0. The molecule has 2 heterocycles. The maximum Gasteiger partial charge on any atom is 0.225 e. The van der Waals surface area contributed by atoms with Crippen LogP contribution in [0.1, 0.15) is 56.9 Å². The van der Waals surface area contributed by atoms with Crippen molar-refractivity contribution in [2.45, 2.75) is 75.6 Å². The highest BCUT2D eigenvalue weighted by Gasteiger charge is 2.46. The lowest BCUT2D eigenvalue weighted by Gasteiger charge is -2.48. The van der Waals surface area contributed by atoms with Crippen LogP contribution >= 0.6 is 0 Å². The highest BCUT2D eigenvalue weighted by molar-refractivity contribution is 5.81. The normalized spacial score (nSPS) is 27.4. The summed E-state index contributed by atoms with van der Waals surface area (Å²) in [5.74, 6) is 0.521. The van der Waals surface area contributed by atoms with Crippen LogP contribution in [-0.2, 0) is 16.1 Å². The van der Waals surface area contributed by atoms with Crippen molar-refractivity contribution in [3.63, 3.8) is 0 Å². The van der Waals surface area contributed by atoms with Crippen molar-refractivity contribution in [1.82, 2.24) is 9.80 Å². The number of carbonyl (C=O) groups is 1. The molecule has 2 aliphatic heterocycles. The van der Waals surface area contributed by atoms with E-state index in [1.807, 2.05) is 12.1 Å². The SMILES string of the molecule is O=C(C1CC1)N1CCC2(CC1)CC(N(Cc1ccc(F)cc1)C1CC1)CCO2. The number of hydrogen-bond donors (Lipinski definition) is 0. The number of likely N-dealkylation sites (tertiary alicyclic amines) is 1. The van der Waals surface area contributed by atoms with Gasteiger partial charge >= 0.3 is 0 Å². The number of carbonyl (C=O) groups excluding carboxylic acids is 1. The molecule has 2 saturated carbocycles. The maximum absolute atomic E-state index is 13.3. The third kappa shape index (κ3) is 3.97. The molecule has 152 valence electrons. The Bertz CT molecular complexity index is 706. The molecule has 1 spiro atoms. The molecule has 2 aliphatic carbocycles. The summed E-state index contributed by atoms with van der Waals surface area (Å²) in [6.07, 6.45) is 8.79. The van der Waals surface area contributed by atoms with E-state index in [0.717, 1.165) is 64.8 Å². The Morgan fingerprint density at radius 3 is 2.43 bits per heavy atom. The fraction of sp³-hybridized carbons (Fsp3) is 0.696. The minimum Gasteiger partial charge on any atom is -0.375 e. The van der Waals surface area contributed by atoms with Gasteiger partial charge < -0.3 is 9.64 Å². The third-order valence-corrected chi connectivity index (χ3v) is 7.14. The zero-order valence-electron chi connectivity index (χ0n) is 16.6. The lowest BCUT2D eigenvalue weighted by Crippen LogP contribution is -2.55. The first kappa shape index (κ1) is 18.6. The molecule has 28 heavy (non-hydrogen) atoms. The maximum atomic E-state index is 13.3. The fourth-order valence-electron chi connectivity index (χ4n) is 5.12. The summed E-state index contributed by atoms with van der Waals surface area (Å²) in [6, 6.07) is 8.17. The van der Waals surface area contributed by atoms with Crippen molar-refractivity contribution in [3.05, 3.63) is 35.6 Å². The van der Waals surface area contributed by atoms with Gasteiger partial charge in [-0.1, -0.05) is 12.1 Å². The molecule has 0 bridgehead atoms. The van der Waals surface area contributed by atoms with E-state index in [2.05, 4.69) is 9.80 Å². The van der Waals surface area contributed by atoms with E-state index in [9.17, 15) is 9.18 Å². The monoisotopic (exact) mass is 386 g/mol. The van der Waals surface area contributed by atoms with Crippen LogP contribution in [0, 0.1) is 11.7 Å². The van der Waals surface area contributed by atoms with Crippen molar-refractivity contribution in [3.8, 4) is 0 Å². The first-order valence-electron chi connectivity index (χ1n) is 11.0. The summed E-state index contributed by atoms with van der Waals surface area (Å²) in [4.78, 5) is 17.1. The van der Waals surface area contributed by atoms with Gasteiger partial charge in [-0.3, -0.25) is 9.69 Å². The van der Waals surface area contributed by atoms with Gasteiger partial charge in [0.05, 0.1) is 5.60 Å². The third-order valence-electron chi connectivity index (χ3n) is 7.14. The van der Waals surface area contributed by atoms with Crippen LogP contribution in [0.2, 0.25) is 0 Å². The summed E-state index contributed by atoms with van der Waals surface area (Å²) >= 11 is 0. The Morgan fingerprint density at radius 1 is 1.07 bits per heavy atom. The van der Waals surface area contributed by atoms with Gasteiger partial charge in [-0.2, -0.15) is 0 Å². The highest BCUT2D eigenvalue weighted by Crippen LogP contribution is 2.41. The Hall–Kier alpha value is -1.46. The standard InChI is InChI=1S/C23H31FN2O2/c24-19-5-1-17(2-6-19)16-26(20-7-8-20)21-9-14-28-23(15-21)10-12-25(13-11-23)22(27)18-3-4-18/h1-2,5-6,18,20-21H,3-4,7-16H2.